The van der Waals surface area contributed by atoms with Crippen molar-refractivity contribution in [2.24, 2.45) is 11.5 Å². The number of amides is 1. The van der Waals surface area contributed by atoms with Crippen LogP contribution in [0.3, 0.4) is 0 Å². The van der Waals surface area contributed by atoms with Crippen LogP contribution in [0.2, 0.25) is 0 Å². The van der Waals surface area contributed by atoms with Gasteiger partial charge in [-0.05, 0) is 0 Å². The van der Waals surface area contributed by atoms with E-state index in [0.717, 1.165) is 0 Å². The lowest BCUT2D eigenvalue weighted by atomic mass is 10.2. The predicted octanol–water partition coefficient (Wildman–Crippen LogP) is 0.361. The van der Waals surface area contributed by atoms with Crippen molar-refractivity contribution in [1.82, 2.24) is 4.98 Å². The standard InChI is InChI=1S/C10H13N3O3S/c1-2-3-16-10(15)7-5-17-9(13-7)6(11)4-8(12)14/h2,5-6H,1,3-4,11H2,(H2,12,14)/t6-/m0/s1. The number of carbonyl (C=O) groups excluding carboxylic acids is 2. The molecule has 0 aliphatic heterocycles. The third kappa shape index (κ3) is 3.97. The molecule has 6 nitrogen and oxygen atoms in total. The molecule has 0 unspecified atom stereocenters. The Morgan fingerprint density at radius 2 is 2.35 bits per heavy atom. The average molecular weight is 255 g/mol. The minimum absolute atomic E-state index is 0.00530. The Morgan fingerprint density at radius 1 is 1.65 bits per heavy atom. The molecule has 0 saturated heterocycles. The highest BCUT2D eigenvalue weighted by Gasteiger charge is 2.17. The van der Waals surface area contributed by atoms with Crippen molar-refractivity contribution < 1.29 is 14.3 Å². The highest BCUT2D eigenvalue weighted by molar-refractivity contribution is 7.09. The van der Waals surface area contributed by atoms with Crippen LogP contribution in [0, 0.1) is 0 Å². The van der Waals surface area contributed by atoms with Gasteiger partial charge >= 0.3 is 5.97 Å². The van der Waals surface area contributed by atoms with E-state index in [-0.39, 0.29) is 18.7 Å². The quantitative estimate of drug-likeness (QED) is 0.563. The molecular weight excluding hydrogens is 242 g/mol. The zero-order chi connectivity index (χ0) is 12.8. The van der Waals surface area contributed by atoms with E-state index in [0.29, 0.717) is 5.01 Å². The monoisotopic (exact) mass is 255 g/mol. The van der Waals surface area contributed by atoms with Crippen LogP contribution in [0.15, 0.2) is 18.0 Å². The second kappa shape index (κ2) is 6.12. The maximum atomic E-state index is 11.4. The molecular formula is C10H13N3O3S. The average Bonchev–Trinajstić information content (AvgIpc) is 2.74. The van der Waals surface area contributed by atoms with Crippen molar-refractivity contribution in [3.05, 3.63) is 28.7 Å². The summed E-state index contributed by atoms with van der Waals surface area (Å²) in [6, 6.07) is -0.585. The van der Waals surface area contributed by atoms with E-state index in [1.807, 2.05) is 0 Å². The lowest BCUT2D eigenvalue weighted by molar-refractivity contribution is -0.118. The fraction of sp³-hybridized carbons (Fsp3) is 0.300. The predicted molar refractivity (Wildman–Crippen MR) is 63.3 cm³/mol. The minimum Gasteiger partial charge on any atom is -0.457 e. The second-order valence-corrected chi connectivity index (χ2v) is 4.12. The molecule has 0 saturated carbocycles. The van der Waals surface area contributed by atoms with Crippen LogP contribution >= 0.6 is 11.3 Å². The van der Waals surface area contributed by atoms with Gasteiger partial charge in [0.15, 0.2) is 5.69 Å². The summed E-state index contributed by atoms with van der Waals surface area (Å²) in [6.45, 7) is 3.55. The molecule has 0 aliphatic carbocycles. The van der Waals surface area contributed by atoms with Crippen molar-refractivity contribution >= 4 is 23.2 Å². The van der Waals surface area contributed by atoms with Crippen LogP contribution in [-0.2, 0) is 9.53 Å². The normalized spacial score (nSPS) is 11.8. The van der Waals surface area contributed by atoms with Crippen molar-refractivity contribution in [2.45, 2.75) is 12.5 Å². The van der Waals surface area contributed by atoms with Crippen LogP contribution in [0.1, 0.15) is 28.0 Å². The van der Waals surface area contributed by atoms with Gasteiger partial charge in [-0.15, -0.1) is 11.3 Å². The van der Waals surface area contributed by atoms with E-state index < -0.39 is 17.9 Å². The molecule has 0 aromatic carbocycles. The summed E-state index contributed by atoms with van der Waals surface area (Å²) in [5.74, 6) is -1.05. The Hall–Kier alpha value is -1.73. The molecule has 7 heteroatoms. The summed E-state index contributed by atoms with van der Waals surface area (Å²) < 4.78 is 4.81. The highest BCUT2D eigenvalue weighted by atomic mass is 32.1. The number of primary amides is 1. The zero-order valence-electron chi connectivity index (χ0n) is 9.09. The zero-order valence-corrected chi connectivity index (χ0v) is 9.90. The lowest BCUT2D eigenvalue weighted by Gasteiger charge is -2.04. The summed E-state index contributed by atoms with van der Waals surface area (Å²) >= 11 is 1.19. The smallest absolute Gasteiger partial charge is 0.358 e. The number of esters is 1. The molecule has 1 heterocycles. The van der Waals surface area contributed by atoms with Gasteiger partial charge < -0.3 is 16.2 Å². The number of hydrogen-bond donors (Lipinski definition) is 2. The largest absolute Gasteiger partial charge is 0.457 e. The lowest BCUT2D eigenvalue weighted by Crippen LogP contribution is -2.20. The number of nitrogens with zero attached hydrogens (tertiary/aromatic N) is 1. The Balaban J connectivity index is 2.67. The van der Waals surface area contributed by atoms with Gasteiger partial charge in [-0.25, -0.2) is 9.78 Å². The SMILES string of the molecule is C=CCOC(=O)c1csc([C@@H](N)CC(N)=O)n1. The molecule has 0 spiro atoms. The molecule has 0 fully saturated rings. The van der Waals surface area contributed by atoms with E-state index in [2.05, 4.69) is 11.6 Å². The van der Waals surface area contributed by atoms with Gasteiger partial charge in [0, 0.05) is 11.8 Å². The van der Waals surface area contributed by atoms with Crippen LogP contribution in [0.25, 0.3) is 0 Å². The van der Waals surface area contributed by atoms with Crippen molar-refractivity contribution in [3.63, 3.8) is 0 Å². The van der Waals surface area contributed by atoms with Gasteiger partial charge in [0.2, 0.25) is 5.91 Å². The molecule has 1 rings (SSSR count). The summed E-state index contributed by atoms with van der Waals surface area (Å²) in [4.78, 5) is 26.1. The van der Waals surface area contributed by atoms with Gasteiger partial charge in [-0.3, -0.25) is 4.79 Å². The van der Waals surface area contributed by atoms with E-state index in [1.165, 1.54) is 22.8 Å². The number of hydrogen-bond acceptors (Lipinski definition) is 6. The van der Waals surface area contributed by atoms with Gasteiger partial charge in [-0.2, -0.15) is 0 Å². The molecule has 1 aromatic heterocycles. The molecule has 1 atom stereocenters. The molecule has 17 heavy (non-hydrogen) atoms. The summed E-state index contributed by atoms with van der Waals surface area (Å²) in [5.41, 5.74) is 10.9. The first kappa shape index (κ1) is 13.3. The first-order valence-electron chi connectivity index (χ1n) is 4.82. The van der Waals surface area contributed by atoms with Crippen molar-refractivity contribution in [2.75, 3.05) is 6.61 Å². The maximum Gasteiger partial charge on any atom is 0.358 e. The van der Waals surface area contributed by atoms with Gasteiger partial charge in [-0.1, -0.05) is 12.7 Å². The molecule has 0 aliphatic rings. The van der Waals surface area contributed by atoms with E-state index in [4.69, 9.17) is 16.2 Å². The van der Waals surface area contributed by atoms with E-state index in [1.54, 1.807) is 0 Å². The van der Waals surface area contributed by atoms with Gasteiger partial charge in [0.1, 0.15) is 11.6 Å². The Labute approximate surface area is 102 Å². The van der Waals surface area contributed by atoms with Crippen molar-refractivity contribution in [3.8, 4) is 0 Å². The molecule has 4 N–H and O–H groups in total. The second-order valence-electron chi connectivity index (χ2n) is 3.24. The molecule has 1 amide bonds. The third-order valence-electron chi connectivity index (χ3n) is 1.80. The first-order valence-corrected chi connectivity index (χ1v) is 5.70. The molecule has 0 bridgehead atoms. The molecule has 92 valence electrons. The summed E-state index contributed by atoms with van der Waals surface area (Å²) in [5, 5.41) is 2.01. The number of aromatic nitrogens is 1. The first-order chi connectivity index (χ1) is 8.04. The Kier molecular flexibility index (Phi) is 4.80. The fourth-order valence-electron chi connectivity index (χ4n) is 1.06. The fourth-order valence-corrected chi connectivity index (χ4v) is 1.85. The van der Waals surface area contributed by atoms with E-state index >= 15 is 0 Å². The van der Waals surface area contributed by atoms with Crippen molar-refractivity contribution in [1.29, 1.82) is 0 Å². The third-order valence-corrected chi connectivity index (χ3v) is 2.78. The number of carbonyl (C=O) groups is 2. The number of rotatable bonds is 6. The Morgan fingerprint density at radius 3 is 2.94 bits per heavy atom. The van der Waals surface area contributed by atoms with Crippen LogP contribution < -0.4 is 11.5 Å². The summed E-state index contributed by atoms with van der Waals surface area (Å²) in [7, 11) is 0. The topological polar surface area (TPSA) is 108 Å². The van der Waals surface area contributed by atoms with Crippen LogP contribution in [0.4, 0.5) is 0 Å². The molecule has 0 radical (unpaired) electrons. The minimum atomic E-state index is -0.585. The van der Waals surface area contributed by atoms with E-state index in [9.17, 15) is 9.59 Å². The van der Waals surface area contributed by atoms with Crippen LogP contribution in [0.5, 0.6) is 0 Å². The number of thiazole rings is 1. The maximum absolute atomic E-state index is 11.4. The van der Waals surface area contributed by atoms with Gasteiger partial charge in [0.25, 0.3) is 0 Å². The molecule has 1 aromatic rings. The number of nitrogens with two attached hydrogens (primary N) is 2. The highest BCUT2D eigenvalue weighted by Crippen LogP contribution is 2.19. The summed E-state index contributed by atoms with van der Waals surface area (Å²) in [6.07, 6.45) is 1.46. The van der Waals surface area contributed by atoms with Gasteiger partial charge in [0.05, 0.1) is 6.04 Å². The van der Waals surface area contributed by atoms with Crippen LogP contribution in [-0.4, -0.2) is 23.5 Å². The Bertz CT molecular complexity index is 430. The number of ether oxygens (including phenoxy) is 1.